The van der Waals surface area contributed by atoms with E-state index in [0.29, 0.717) is 6.54 Å². The molecule has 3 nitrogen and oxygen atoms in total. The molecular formula is C13H25NO2S. The fourth-order valence-electron chi connectivity index (χ4n) is 0.979. The minimum atomic E-state index is -0.0137. The highest BCUT2D eigenvalue weighted by Gasteiger charge is 2.13. The maximum Gasteiger partial charge on any atom is 0.243 e. The minimum absolute atomic E-state index is 0.0137. The van der Waals surface area contributed by atoms with E-state index in [2.05, 4.69) is 26.1 Å². The largest absolute Gasteiger partial charge is 0.396 e. The Kier molecular flexibility index (Phi) is 8.35. The second-order valence-corrected chi connectivity index (χ2v) is 6.28. The van der Waals surface area contributed by atoms with Crippen LogP contribution in [0.25, 0.3) is 0 Å². The van der Waals surface area contributed by atoms with Crippen LogP contribution in [-0.2, 0) is 4.79 Å². The standard InChI is InChI=1S/C13H25NO2S/c1-11(13(2,3)4)10-12(16)14-6-9-17-8-5-7-15/h10,15H,5-9H2,1-4H3,(H,14,16). The summed E-state index contributed by atoms with van der Waals surface area (Å²) in [5, 5.41) is 11.5. The summed E-state index contributed by atoms with van der Waals surface area (Å²) in [6.07, 6.45) is 2.50. The van der Waals surface area contributed by atoms with Crippen LogP contribution in [0.2, 0.25) is 0 Å². The number of aliphatic hydroxyl groups is 1. The normalized spacial score (nSPS) is 12.6. The lowest BCUT2D eigenvalue weighted by Crippen LogP contribution is -2.25. The molecule has 0 aromatic rings. The Bertz CT molecular complexity index is 257. The van der Waals surface area contributed by atoms with Gasteiger partial charge in [0.25, 0.3) is 0 Å². The monoisotopic (exact) mass is 259 g/mol. The van der Waals surface area contributed by atoms with Crippen LogP contribution in [0.15, 0.2) is 11.6 Å². The number of allylic oxidation sites excluding steroid dienone is 1. The van der Waals surface area contributed by atoms with Crippen molar-refractivity contribution in [3.63, 3.8) is 0 Å². The highest BCUT2D eigenvalue weighted by molar-refractivity contribution is 7.99. The Labute approximate surface area is 109 Å². The first-order chi connectivity index (χ1) is 7.88. The second-order valence-electron chi connectivity index (χ2n) is 5.06. The second kappa shape index (κ2) is 8.59. The molecule has 1 amide bonds. The molecule has 0 aliphatic heterocycles. The summed E-state index contributed by atoms with van der Waals surface area (Å²) in [5.74, 6) is 1.83. The zero-order valence-corrected chi connectivity index (χ0v) is 12.2. The third-order valence-electron chi connectivity index (χ3n) is 2.52. The first-order valence-electron chi connectivity index (χ1n) is 6.03. The predicted octanol–water partition coefficient (Wildman–Crippen LogP) is 2.21. The summed E-state index contributed by atoms with van der Waals surface area (Å²) in [5.41, 5.74) is 1.13. The van der Waals surface area contributed by atoms with Crippen molar-refractivity contribution in [2.45, 2.75) is 34.1 Å². The molecule has 4 heteroatoms. The van der Waals surface area contributed by atoms with Crippen molar-refractivity contribution in [2.24, 2.45) is 5.41 Å². The van der Waals surface area contributed by atoms with E-state index in [1.54, 1.807) is 17.8 Å². The SMILES string of the molecule is CC(=CC(=O)NCCSCCCO)C(C)(C)C. The molecule has 100 valence electrons. The van der Waals surface area contributed by atoms with Gasteiger partial charge in [-0.3, -0.25) is 4.79 Å². The van der Waals surface area contributed by atoms with E-state index in [1.807, 2.05) is 6.92 Å². The third kappa shape index (κ3) is 9.24. The van der Waals surface area contributed by atoms with Crippen LogP contribution in [0, 0.1) is 5.41 Å². The van der Waals surface area contributed by atoms with Crippen molar-refractivity contribution in [3.8, 4) is 0 Å². The molecule has 17 heavy (non-hydrogen) atoms. The van der Waals surface area contributed by atoms with E-state index in [-0.39, 0.29) is 17.9 Å². The predicted molar refractivity (Wildman–Crippen MR) is 75.2 cm³/mol. The molecule has 0 aromatic carbocycles. The summed E-state index contributed by atoms with van der Waals surface area (Å²) in [6.45, 7) is 9.19. The number of carbonyl (C=O) groups is 1. The molecule has 0 fully saturated rings. The molecule has 0 unspecified atom stereocenters. The fraction of sp³-hybridized carbons (Fsp3) is 0.769. The lowest BCUT2D eigenvalue weighted by Gasteiger charge is -2.19. The van der Waals surface area contributed by atoms with Crippen molar-refractivity contribution < 1.29 is 9.90 Å². The summed E-state index contributed by atoms with van der Waals surface area (Å²) < 4.78 is 0. The highest BCUT2D eigenvalue weighted by Crippen LogP contribution is 2.23. The first kappa shape index (κ1) is 16.5. The molecule has 0 saturated heterocycles. The molecule has 0 aliphatic carbocycles. The maximum absolute atomic E-state index is 11.6. The number of rotatable bonds is 7. The smallest absolute Gasteiger partial charge is 0.243 e. The van der Waals surface area contributed by atoms with E-state index < -0.39 is 0 Å². The molecule has 0 bridgehead atoms. The van der Waals surface area contributed by atoms with E-state index in [9.17, 15) is 4.79 Å². The van der Waals surface area contributed by atoms with Gasteiger partial charge in [0.2, 0.25) is 5.91 Å². The van der Waals surface area contributed by atoms with Crippen LogP contribution in [0.4, 0.5) is 0 Å². The van der Waals surface area contributed by atoms with Crippen LogP contribution in [0.5, 0.6) is 0 Å². The number of hydrogen-bond donors (Lipinski definition) is 2. The summed E-state index contributed by atoms with van der Waals surface area (Å²) in [6, 6.07) is 0. The summed E-state index contributed by atoms with van der Waals surface area (Å²) >= 11 is 1.75. The number of thioether (sulfide) groups is 1. The number of aliphatic hydroxyl groups excluding tert-OH is 1. The molecule has 0 spiro atoms. The lowest BCUT2D eigenvalue weighted by atomic mass is 9.87. The van der Waals surface area contributed by atoms with Gasteiger partial charge in [0.1, 0.15) is 0 Å². The van der Waals surface area contributed by atoms with Gasteiger partial charge in [0, 0.05) is 25.0 Å². The number of carbonyl (C=O) groups excluding carboxylic acids is 1. The maximum atomic E-state index is 11.6. The average molecular weight is 259 g/mol. The van der Waals surface area contributed by atoms with Gasteiger partial charge in [-0.1, -0.05) is 26.3 Å². The van der Waals surface area contributed by atoms with Gasteiger partial charge in [-0.15, -0.1) is 0 Å². The molecule has 2 N–H and O–H groups in total. The molecular weight excluding hydrogens is 234 g/mol. The lowest BCUT2D eigenvalue weighted by molar-refractivity contribution is -0.116. The van der Waals surface area contributed by atoms with Crippen LogP contribution < -0.4 is 5.32 Å². The van der Waals surface area contributed by atoms with Crippen molar-refractivity contribution in [1.29, 1.82) is 0 Å². The van der Waals surface area contributed by atoms with Crippen molar-refractivity contribution in [1.82, 2.24) is 5.32 Å². The molecule has 0 saturated carbocycles. The number of amides is 1. The van der Waals surface area contributed by atoms with Gasteiger partial charge in [0.15, 0.2) is 0 Å². The van der Waals surface area contributed by atoms with Gasteiger partial charge < -0.3 is 10.4 Å². The van der Waals surface area contributed by atoms with E-state index in [0.717, 1.165) is 23.5 Å². The van der Waals surface area contributed by atoms with E-state index in [4.69, 9.17) is 5.11 Å². The Hall–Kier alpha value is -0.480. The quantitative estimate of drug-likeness (QED) is 0.544. The molecule has 0 rings (SSSR count). The van der Waals surface area contributed by atoms with Crippen LogP contribution in [0.1, 0.15) is 34.1 Å². The number of hydrogen-bond acceptors (Lipinski definition) is 3. The Morgan fingerprint density at radius 1 is 1.35 bits per heavy atom. The van der Waals surface area contributed by atoms with Gasteiger partial charge in [0.05, 0.1) is 0 Å². The molecule has 0 aliphatic rings. The first-order valence-corrected chi connectivity index (χ1v) is 7.18. The molecule has 0 radical (unpaired) electrons. The van der Waals surface area contributed by atoms with Crippen LogP contribution >= 0.6 is 11.8 Å². The van der Waals surface area contributed by atoms with Crippen molar-refractivity contribution in [2.75, 3.05) is 24.7 Å². The van der Waals surface area contributed by atoms with Gasteiger partial charge in [-0.2, -0.15) is 11.8 Å². The summed E-state index contributed by atoms with van der Waals surface area (Å²) in [7, 11) is 0. The molecule has 0 atom stereocenters. The topological polar surface area (TPSA) is 49.3 Å². The molecule has 0 aromatic heterocycles. The zero-order chi connectivity index (χ0) is 13.3. The molecule has 0 heterocycles. The van der Waals surface area contributed by atoms with E-state index in [1.165, 1.54) is 0 Å². The Morgan fingerprint density at radius 3 is 2.53 bits per heavy atom. The van der Waals surface area contributed by atoms with Crippen LogP contribution in [-0.4, -0.2) is 35.7 Å². The van der Waals surface area contributed by atoms with Crippen LogP contribution in [0.3, 0.4) is 0 Å². The summed E-state index contributed by atoms with van der Waals surface area (Å²) in [4.78, 5) is 11.6. The fourth-order valence-corrected chi connectivity index (χ4v) is 1.76. The van der Waals surface area contributed by atoms with Gasteiger partial charge >= 0.3 is 0 Å². The third-order valence-corrected chi connectivity index (χ3v) is 3.59. The Morgan fingerprint density at radius 2 is 2.00 bits per heavy atom. The Balaban J connectivity index is 3.74. The highest BCUT2D eigenvalue weighted by atomic mass is 32.2. The van der Waals surface area contributed by atoms with Crippen molar-refractivity contribution in [3.05, 3.63) is 11.6 Å². The average Bonchev–Trinajstić information content (AvgIpc) is 2.21. The van der Waals surface area contributed by atoms with E-state index >= 15 is 0 Å². The van der Waals surface area contributed by atoms with Gasteiger partial charge in [-0.05, 0) is 24.5 Å². The number of nitrogens with one attached hydrogen (secondary N) is 1. The van der Waals surface area contributed by atoms with Crippen molar-refractivity contribution >= 4 is 17.7 Å². The van der Waals surface area contributed by atoms with Gasteiger partial charge in [-0.25, -0.2) is 0 Å². The zero-order valence-electron chi connectivity index (χ0n) is 11.4. The minimum Gasteiger partial charge on any atom is -0.396 e.